The molecule has 0 unspecified atom stereocenters. The maximum atomic E-state index is 5.96. The van der Waals surface area contributed by atoms with Gasteiger partial charge in [-0.25, -0.2) is 4.98 Å². The average molecular weight is 399 g/mol. The summed E-state index contributed by atoms with van der Waals surface area (Å²) < 4.78 is 12.6. The minimum absolute atomic E-state index is 0.515. The van der Waals surface area contributed by atoms with Gasteiger partial charge in [0.2, 0.25) is 11.7 Å². The Morgan fingerprint density at radius 1 is 1.19 bits per heavy atom. The average Bonchev–Trinajstić information content (AvgIpc) is 3.36. The van der Waals surface area contributed by atoms with E-state index < -0.39 is 0 Å². The van der Waals surface area contributed by atoms with Gasteiger partial charge in [0.15, 0.2) is 5.16 Å². The molecule has 4 aromatic rings. The third-order valence-corrected chi connectivity index (χ3v) is 5.04. The highest BCUT2D eigenvalue weighted by atomic mass is 35.5. The molecule has 136 valence electrons. The number of aromatic nitrogens is 4. The summed E-state index contributed by atoms with van der Waals surface area (Å²) in [6, 6.07) is 15.1. The van der Waals surface area contributed by atoms with Crippen LogP contribution in [0.1, 0.15) is 5.89 Å². The second-order valence-corrected chi connectivity index (χ2v) is 6.97. The molecule has 0 saturated carbocycles. The largest absolute Gasteiger partial charge is 0.497 e. The highest BCUT2D eigenvalue weighted by Gasteiger charge is 2.12. The molecule has 0 N–H and O–H groups in total. The zero-order chi connectivity index (χ0) is 18.6. The normalized spacial score (nSPS) is 10.9. The highest BCUT2D eigenvalue weighted by Crippen LogP contribution is 2.26. The van der Waals surface area contributed by atoms with E-state index in [9.17, 15) is 0 Å². The predicted molar refractivity (Wildman–Crippen MR) is 104 cm³/mol. The van der Waals surface area contributed by atoms with Crippen LogP contribution in [0.25, 0.3) is 17.1 Å². The molecule has 8 heteroatoms. The Morgan fingerprint density at radius 3 is 2.85 bits per heavy atom. The van der Waals surface area contributed by atoms with E-state index in [0.29, 0.717) is 22.5 Å². The van der Waals surface area contributed by atoms with Crippen molar-refractivity contribution in [1.29, 1.82) is 0 Å². The summed E-state index contributed by atoms with van der Waals surface area (Å²) in [5.74, 6) is 2.33. The van der Waals surface area contributed by atoms with Gasteiger partial charge in [-0.3, -0.25) is 4.57 Å². The first-order valence-electron chi connectivity index (χ1n) is 8.12. The van der Waals surface area contributed by atoms with Gasteiger partial charge in [-0.1, -0.05) is 40.7 Å². The topological polar surface area (TPSA) is 66.0 Å². The van der Waals surface area contributed by atoms with Crippen LogP contribution < -0.4 is 4.74 Å². The summed E-state index contributed by atoms with van der Waals surface area (Å²) in [4.78, 5) is 8.86. The summed E-state index contributed by atoms with van der Waals surface area (Å²) in [5.41, 5.74) is 1.83. The predicted octanol–water partition coefficient (Wildman–Crippen LogP) is 4.88. The van der Waals surface area contributed by atoms with E-state index in [2.05, 4.69) is 15.1 Å². The van der Waals surface area contributed by atoms with Crippen LogP contribution >= 0.6 is 23.4 Å². The first-order chi connectivity index (χ1) is 13.2. The molecule has 6 nitrogen and oxygen atoms in total. The first kappa shape index (κ1) is 17.6. The fourth-order valence-electron chi connectivity index (χ4n) is 2.51. The van der Waals surface area contributed by atoms with Gasteiger partial charge in [0.05, 0.1) is 12.9 Å². The molecule has 0 aliphatic rings. The lowest BCUT2D eigenvalue weighted by Crippen LogP contribution is -1.95. The summed E-state index contributed by atoms with van der Waals surface area (Å²) in [6.07, 6.45) is 3.66. The first-order valence-corrected chi connectivity index (χ1v) is 9.48. The molecule has 0 aliphatic heterocycles. The van der Waals surface area contributed by atoms with E-state index in [1.165, 1.54) is 11.8 Å². The number of hydrogen-bond donors (Lipinski definition) is 0. The van der Waals surface area contributed by atoms with Crippen LogP contribution in [0, 0.1) is 0 Å². The van der Waals surface area contributed by atoms with Gasteiger partial charge < -0.3 is 9.26 Å². The zero-order valence-corrected chi connectivity index (χ0v) is 15.9. The third-order valence-electron chi connectivity index (χ3n) is 3.83. The van der Waals surface area contributed by atoms with Crippen molar-refractivity contribution in [3.8, 4) is 22.8 Å². The van der Waals surface area contributed by atoms with Crippen molar-refractivity contribution in [3.63, 3.8) is 0 Å². The van der Waals surface area contributed by atoms with Crippen LogP contribution in [0.15, 0.2) is 70.6 Å². The molecule has 0 atom stereocenters. The standard InChI is InChI=1S/C19H15ClN4O2S/c1-25-16-4-2-3-13(11-16)18-22-17(26-23-18)12-27-19-21-9-10-24(19)15-7-5-14(20)6-8-15/h2-11H,12H2,1H3. The molecule has 0 radical (unpaired) electrons. The van der Waals surface area contributed by atoms with Crippen LogP contribution in [0.2, 0.25) is 5.02 Å². The quantitative estimate of drug-likeness (QED) is 0.431. The molecule has 4 rings (SSSR count). The van der Waals surface area contributed by atoms with E-state index >= 15 is 0 Å². The number of imidazole rings is 1. The van der Waals surface area contributed by atoms with Crippen LogP contribution in [0.3, 0.4) is 0 Å². The number of ether oxygens (including phenoxy) is 1. The fourth-order valence-corrected chi connectivity index (χ4v) is 3.45. The van der Waals surface area contributed by atoms with Crippen LogP contribution in [0.4, 0.5) is 0 Å². The molecule has 2 aromatic heterocycles. The van der Waals surface area contributed by atoms with Crippen molar-refractivity contribution in [3.05, 3.63) is 71.8 Å². The summed E-state index contributed by atoms with van der Waals surface area (Å²) in [7, 11) is 1.63. The second kappa shape index (κ2) is 7.85. The van der Waals surface area contributed by atoms with Crippen molar-refractivity contribution in [2.75, 3.05) is 7.11 Å². The monoisotopic (exact) mass is 398 g/mol. The fraction of sp³-hybridized carbons (Fsp3) is 0.105. The van der Waals surface area contributed by atoms with E-state index in [-0.39, 0.29) is 0 Å². The van der Waals surface area contributed by atoms with E-state index in [1.807, 2.05) is 59.3 Å². The van der Waals surface area contributed by atoms with E-state index in [1.54, 1.807) is 13.3 Å². The van der Waals surface area contributed by atoms with E-state index in [4.69, 9.17) is 20.9 Å². The Labute approximate surface area is 165 Å². The molecular formula is C19H15ClN4O2S. The van der Waals surface area contributed by atoms with Gasteiger partial charge in [0.25, 0.3) is 0 Å². The molecule has 0 amide bonds. The maximum absolute atomic E-state index is 5.96. The van der Waals surface area contributed by atoms with Crippen molar-refractivity contribution >= 4 is 23.4 Å². The lowest BCUT2D eigenvalue weighted by molar-refractivity contribution is 0.391. The van der Waals surface area contributed by atoms with Gasteiger partial charge in [0, 0.05) is 28.7 Å². The van der Waals surface area contributed by atoms with Crippen molar-refractivity contribution in [2.45, 2.75) is 10.9 Å². The van der Waals surface area contributed by atoms with Crippen LogP contribution in [-0.2, 0) is 5.75 Å². The van der Waals surface area contributed by atoms with Gasteiger partial charge in [-0.2, -0.15) is 4.98 Å². The van der Waals surface area contributed by atoms with Crippen molar-refractivity contribution in [1.82, 2.24) is 19.7 Å². The SMILES string of the molecule is COc1cccc(-c2noc(CSc3nccn3-c3ccc(Cl)cc3)n2)c1. The molecule has 0 aliphatic carbocycles. The number of rotatable bonds is 6. The Kier molecular flexibility index (Phi) is 5.13. The molecule has 0 spiro atoms. The van der Waals surface area contributed by atoms with E-state index in [0.717, 1.165) is 22.2 Å². The Bertz CT molecular complexity index is 1050. The minimum atomic E-state index is 0.515. The lowest BCUT2D eigenvalue weighted by Gasteiger charge is -2.06. The summed E-state index contributed by atoms with van der Waals surface area (Å²) in [6.45, 7) is 0. The molecular weight excluding hydrogens is 384 g/mol. The smallest absolute Gasteiger partial charge is 0.237 e. The van der Waals surface area contributed by atoms with Crippen molar-refractivity contribution < 1.29 is 9.26 Å². The van der Waals surface area contributed by atoms with Gasteiger partial charge in [0.1, 0.15) is 5.75 Å². The van der Waals surface area contributed by atoms with Gasteiger partial charge in [-0.15, -0.1) is 0 Å². The zero-order valence-electron chi connectivity index (χ0n) is 14.4. The molecule has 27 heavy (non-hydrogen) atoms. The molecule has 2 heterocycles. The number of hydrogen-bond acceptors (Lipinski definition) is 6. The highest BCUT2D eigenvalue weighted by molar-refractivity contribution is 7.98. The van der Waals surface area contributed by atoms with Gasteiger partial charge in [-0.05, 0) is 36.4 Å². The van der Waals surface area contributed by atoms with Crippen molar-refractivity contribution in [2.24, 2.45) is 0 Å². The molecule has 2 aromatic carbocycles. The maximum Gasteiger partial charge on any atom is 0.237 e. The van der Waals surface area contributed by atoms with Crippen LogP contribution in [-0.4, -0.2) is 26.8 Å². The number of methoxy groups -OCH3 is 1. The third kappa shape index (κ3) is 3.99. The minimum Gasteiger partial charge on any atom is -0.497 e. The molecule has 0 fully saturated rings. The summed E-state index contributed by atoms with van der Waals surface area (Å²) in [5, 5.41) is 5.59. The Morgan fingerprint density at radius 2 is 2.04 bits per heavy atom. The van der Waals surface area contributed by atoms with Gasteiger partial charge >= 0.3 is 0 Å². The Balaban J connectivity index is 1.48. The number of halogens is 1. The number of thioether (sulfide) groups is 1. The summed E-state index contributed by atoms with van der Waals surface area (Å²) >= 11 is 7.48. The second-order valence-electron chi connectivity index (χ2n) is 5.59. The lowest BCUT2D eigenvalue weighted by atomic mass is 10.2. The van der Waals surface area contributed by atoms with Crippen LogP contribution in [0.5, 0.6) is 5.75 Å². The number of nitrogens with zero attached hydrogens (tertiary/aromatic N) is 4. The number of benzene rings is 2. The molecule has 0 saturated heterocycles. The Hall–Kier alpha value is -2.77. The molecule has 0 bridgehead atoms.